The molecule has 38 heavy (non-hydrogen) atoms. The number of hydrogen-bond acceptors (Lipinski definition) is 12. The third-order valence-electron chi connectivity index (χ3n) is 4.78. The minimum atomic E-state index is -0.409. The second-order valence-corrected chi connectivity index (χ2v) is 7.95. The lowest BCUT2D eigenvalue weighted by molar-refractivity contribution is -0.146. The van der Waals surface area contributed by atoms with Crippen LogP contribution in [0.25, 0.3) is 0 Å². The fourth-order valence-corrected chi connectivity index (χ4v) is 2.74. The first-order chi connectivity index (χ1) is 18.7. The Bertz CT molecular complexity index is 507. The largest absolute Gasteiger partial charge is 0.467 e. The second-order valence-electron chi connectivity index (χ2n) is 7.95. The summed E-state index contributed by atoms with van der Waals surface area (Å²) in [5.74, 6) is -0.564. The van der Waals surface area contributed by atoms with Crippen LogP contribution in [0.4, 0.5) is 0 Å². The first-order valence-corrected chi connectivity index (χ1v) is 13.5. The molecule has 0 N–H and O–H groups in total. The van der Waals surface area contributed by atoms with Crippen LogP contribution in [0.15, 0.2) is 0 Å². The molecule has 0 aliphatic rings. The van der Waals surface area contributed by atoms with Gasteiger partial charge in [0.1, 0.15) is 13.2 Å². The Labute approximate surface area is 227 Å². The minimum Gasteiger partial charge on any atom is -0.467 e. The van der Waals surface area contributed by atoms with E-state index in [-0.39, 0.29) is 19.2 Å². The van der Waals surface area contributed by atoms with Crippen LogP contribution in [0, 0.1) is 0 Å². The van der Waals surface area contributed by atoms with Crippen molar-refractivity contribution in [3.8, 4) is 0 Å². The molecule has 226 valence electrons. The molecule has 0 fully saturated rings. The number of methoxy groups -OCH3 is 1. The van der Waals surface area contributed by atoms with Crippen molar-refractivity contribution in [2.45, 2.75) is 39.0 Å². The van der Waals surface area contributed by atoms with Crippen molar-refractivity contribution >= 4 is 11.9 Å². The topological polar surface area (TPSA) is 126 Å². The molecule has 0 amide bonds. The number of ether oxygens (including phenoxy) is 10. The molecule has 0 spiro atoms. The quantitative estimate of drug-likeness (QED) is 0.0916. The van der Waals surface area contributed by atoms with Gasteiger partial charge in [0.2, 0.25) is 0 Å². The molecular formula is C26H50O12. The summed E-state index contributed by atoms with van der Waals surface area (Å²) in [5.41, 5.74) is 0. The van der Waals surface area contributed by atoms with E-state index in [4.69, 9.17) is 42.6 Å². The van der Waals surface area contributed by atoms with Gasteiger partial charge >= 0.3 is 11.9 Å². The van der Waals surface area contributed by atoms with Gasteiger partial charge in [0.05, 0.1) is 106 Å². The van der Waals surface area contributed by atoms with Crippen molar-refractivity contribution < 1.29 is 57.0 Å². The van der Waals surface area contributed by atoms with E-state index in [1.165, 1.54) is 7.11 Å². The lowest BCUT2D eigenvalue weighted by atomic mass is 10.2. The summed E-state index contributed by atoms with van der Waals surface area (Å²) in [6, 6.07) is 0. The highest BCUT2D eigenvalue weighted by Gasteiger charge is 2.02. The maximum absolute atomic E-state index is 11.5. The average molecular weight is 555 g/mol. The fraction of sp³-hybridized carbons (Fsp3) is 0.923. The zero-order valence-electron chi connectivity index (χ0n) is 23.5. The van der Waals surface area contributed by atoms with Crippen LogP contribution in [-0.2, 0) is 57.0 Å². The lowest BCUT2D eigenvalue weighted by Gasteiger charge is -2.09. The van der Waals surface area contributed by atoms with Crippen LogP contribution in [0.2, 0.25) is 0 Å². The van der Waals surface area contributed by atoms with Gasteiger partial charge in [-0.05, 0) is 6.42 Å². The Morgan fingerprint density at radius 2 is 0.816 bits per heavy atom. The van der Waals surface area contributed by atoms with Crippen molar-refractivity contribution in [2.24, 2.45) is 0 Å². The molecule has 0 heterocycles. The molecule has 12 heteroatoms. The van der Waals surface area contributed by atoms with Crippen LogP contribution >= 0.6 is 0 Å². The number of esters is 2. The van der Waals surface area contributed by atoms with Crippen LogP contribution in [0.5, 0.6) is 0 Å². The van der Waals surface area contributed by atoms with E-state index in [9.17, 15) is 9.59 Å². The third-order valence-corrected chi connectivity index (χ3v) is 4.78. The van der Waals surface area contributed by atoms with Gasteiger partial charge in [0, 0.05) is 6.42 Å². The highest BCUT2D eigenvalue weighted by molar-refractivity contribution is 5.70. The van der Waals surface area contributed by atoms with Crippen molar-refractivity contribution in [1.82, 2.24) is 0 Å². The first kappa shape index (κ1) is 36.6. The van der Waals surface area contributed by atoms with E-state index >= 15 is 0 Å². The zero-order chi connectivity index (χ0) is 27.8. The molecule has 0 aromatic rings. The molecule has 0 aliphatic heterocycles. The number of carbonyl (C=O) groups is 2. The van der Waals surface area contributed by atoms with Crippen molar-refractivity contribution in [1.29, 1.82) is 0 Å². The van der Waals surface area contributed by atoms with Gasteiger partial charge in [0.25, 0.3) is 0 Å². The van der Waals surface area contributed by atoms with E-state index in [0.717, 1.165) is 25.7 Å². The lowest BCUT2D eigenvalue weighted by Crippen LogP contribution is -2.16. The number of carbonyl (C=O) groups excluding carboxylic acids is 2. The average Bonchev–Trinajstić information content (AvgIpc) is 2.92. The Kier molecular flexibility index (Phi) is 30.7. The van der Waals surface area contributed by atoms with Crippen LogP contribution in [-0.4, -0.2) is 131 Å². The summed E-state index contributed by atoms with van der Waals surface area (Å²) < 4.78 is 52.4. The zero-order valence-corrected chi connectivity index (χ0v) is 23.5. The summed E-state index contributed by atoms with van der Waals surface area (Å²) >= 11 is 0. The summed E-state index contributed by atoms with van der Waals surface area (Å²) in [4.78, 5) is 22.3. The van der Waals surface area contributed by atoms with Gasteiger partial charge in [-0.2, -0.15) is 0 Å². The first-order valence-electron chi connectivity index (χ1n) is 13.5. The molecule has 0 bridgehead atoms. The Morgan fingerprint density at radius 3 is 1.18 bits per heavy atom. The molecule has 0 rings (SSSR count). The van der Waals surface area contributed by atoms with E-state index in [1.54, 1.807) is 0 Å². The fourth-order valence-electron chi connectivity index (χ4n) is 2.74. The van der Waals surface area contributed by atoms with Crippen LogP contribution in [0.3, 0.4) is 0 Å². The van der Waals surface area contributed by atoms with Crippen molar-refractivity contribution in [3.05, 3.63) is 0 Å². The van der Waals surface area contributed by atoms with Gasteiger partial charge in [-0.1, -0.05) is 26.2 Å². The normalized spacial score (nSPS) is 11.1. The number of rotatable bonds is 31. The predicted octanol–water partition coefficient (Wildman–Crippen LogP) is 1.81. The summed E-state index contributed by atoms with van der Waals surface area (Å²) in [6.07, 6.45) is 4.75. The Hall–Kier alpha value is -1.38. The number of hydrogen-bond donors (Lipinski definition) is 0. The van der Waals surface area contributed by atoms with E-state index in [2.05, 4.69) is 11.7 Å². The number of unbranched alkanes of at least 4 members (excludes halogenated alkanes) is 3. The maximum atomic E-state index is 11.5. The molecule has 0 unspecified atom stereocenters. The van der Waals surface area contributed by atoms with Gasteiger partial charge < -0.3 is 47.4 Å². The second kappa shape index (κ2) is 31.8. The third kappa shape index (κ3) is 30.8. The molecule has 0 saturated carbocycles. The molecule has 0 radical (unpaired) electrons. The maximum Gasteiger partial charge on any atom is 0.331 e. The molecule has 0 aromatic heterocycles. The molecule has 0 saturated heterocycles. The Balaban J connectivity index is 3.09. The highest BCUT2D eigenvalue weighted by atomic mass is 16.6. The molecule has 0 atom stereocenters. The summed E-state index contributed by atoms with van der Waals surface area (Å²) in [6.45, 7) is 9.13. The van der Waals surface area contributed by atoms with Crippen LogP contribution < -0.4 is 0 Å². The van der Waals surface area contributed by atoms with Gasteiger partial charge in [-0.25, -0.2) is 4.79 Å². The monoisotopic (exact) mass is 554 g/mol. The summed E-state index contributed by atoms with van der Waals surface area (Å²) in [7, 11) is 1.31. The van der Waals surface area contributed by atoms with Gasteiger partial charge in [-0.15, -0.1) is 0 Å². The van der Waals surface area contributed by atoms with E-state index in [1.807, 2.05) is 0 Å². The molecular weight excluding hydrogens is 504 g/mol. The Morgan fingerprint density at radius 1 is 0.447 bits per heavy atom. The standard InChI is InChI=1S/C26H50O12/c1-3-4-5-6-7-25(27)38-23-22-36-19-18-34-15-14-32-11-10-30-8-9-31-12-13-33-16-17-35-20-21-37-24-26(28)29-2/h3-24H2,1-2H3. The van der Waals surface area contributed by atoms with Crippen molar-refractivity contribution in [2.75, 3.05) is 119 Å². The van der Waals surface area contributed by atoms with Crippen LogP contribution in [0.1, 0.15) is 39.0 Å². The highest BCUT2D eigenvalue weighted by Crippen LogP contribution is 2.03. The van der Waals surface area contributed by atoms with Gasteiger partial charge in [-0.3, -0.25) is 4.79 Å². The van der Waals surface area contributed by atoms with E-state index in [0.29, 0.717) is 106 Å². The molecule has 12 nitrogen and oxygen atoms in total. The van der Waals surface area contributed by atoms with Crippen molar-refractivity contribution in [3.63, 3.8) is 0 Å². The summed E-state index contributed by atoms with van der Waals surface area (Å²) in [5, 5.41) is 0. The smallest absolute Gasteiger partial charge is 0.331 e. The molecule has 0 aromatic carbocycles. The molecule has 0 aliphatic carbocycles. The predicted molar refractivity (Wildman–Crippen MR) is 138 cm³/mol. The SMILES string of the molecule is CCCCCCC(=O)OCCOCCOCCOCCOCCOCCOCCOCCOCC(=O)OC. The van der Waals surface area contributed by atoms with E-state index < -0.39 is 5.97 Å². The van der Waals surface area contributed by atoms with Gasteiger partial charge in [0.15, 0.2) is 0 Å². The minimum absolute atomic E-state index is 0.0706.